The predicted molar refractivity (Wildman–Crippen MR) is 362 cm³/mol. The lowest BCUT2D eigenvalue weighted by Gasteiger charge is -2.18. The number of ether oxygens (including phenoxy) is 3. The van der Waals surface area contributed by atoms with Gasteiger partial charge >= 0.3 is 17.9 Å². The van der Waals surface area contributed by atoms with E-state index in [1.807, 2.05) is 6.08 Å². The molecule has 0 saturated carbocycles. The summed E-state index contributed by atoms with van der Waals surface area (Å²) in [7, 11) is 0. The Labute approximate surface area is 513 Å². The molecule has 0 aliphatic heterocycles. The number of hydrogen-bond acceptors (Lipinski definition) is 6. The Morgan fingerprint density at radius 2 is 0.494 bits per heavy atom. The van der Waals surface area contributed by atoms with Crippen LogP contribution < -0.4 is 0 Å². The highest BCUT2D eigenvalue weighted by Crippen LogP contribution is 2.18. The van der Waals surface area contributed by atoms with E-state index in [0.29, 0.717) is 19.3 Å². The summed E-state index contributed by atoms with van der Waals surface area (Å²) in [5, 5.41) is 0. The Balaban J connectivity index is 4.33. The maximum Gasteiger partial charge on any atom is 0.306 e. The molecule has 83 heavy (non-hydrogen) atoms. The fourth-order valence-electron chi connectivity index (χ4n) is 9.82. The molecule has 0 aliphatic carbocycles. The van der Waals surface area contributed by atoms with Crippen molar-refractivity contribution in [1.29, 1.82) is 0 Å². The minimum absolute atomic E-state index is 0.106. The van der Waals surface area contributed by atoms with Gasteiger partial charge in [0.05, 0.1) is 0 Å². The largest absolute Gasteiger partial charge is 0.462 e. The van der Waals surface area contributed by atoms with Gasteiger partial charge in [0.1, 0.15) is 13.2 Å². The monoisotopic (exact) mass is 1150 g/mol. The van der Waals surface area contributed by atoms with Crippen LogP contribution in [0.1, 0.15) is 329 Å². The molecule has 0 aliphatic rings. The van der Waals surface area contributed by atoms with Crippen molar-refractivity contribution < 1.29 is 28.6 Å². The molecule has 0 radical (unpaired) electrons. The number of carbonyl (C=O) groups excluding carboxylic acids is 3. The third-order valence-electron chi connectivity index (χ3n) is 15.0. The van der Waals surface area contributed by atoms with Crippen molar-refractivity contribution in [3.8, 4) is 0 Å². The van der Waals surface area contributed by atoms with E-state index in [9.17, 15) is 14.4 Å². The molecule has 0 saturated heterocycles. The molecule has 0 aromatic heterocycles. The third-order valence-corrected chi connectivity index (χ3v) is 15.0. The molecule has 0 N–H and O–H groups in total. The van der Waals surface area contributed by atoms with E-state index in [2.05, 4.69) is 136 Å². The van der Waals surface area contributed by atoms with E-state index in [0.717, 1.165) is 116 Å². The zero-order chi connectivity index (χ0) is 59.9. The van der Waals surface area contributed by atoms with Crippen molar-refractivity contribution in [3.05, 3.63) is 122 Å². The molecule has 6 heteroatoms. The summed E-state index contributed by atoms with van der Waals surface area (Å²) in [6.07, 6.45) is 98.2. The third kappa shape index (κ3) is 68.5. The van der Waals surface area contributed by atoms with Crippen molar-refractivity contribution in [1.82, 2.24) is 0 Å². The highest BCUT2D eigenvalue weighted by molar-refractivity contribution is 5.71. The molecule has 0 spiro atoms. The van der Waals surface area contributed by atoms with Gasteiger partial charge in [0.15, 0.2) is 6.10 Å². The van der Waals surface area contributed by atoms with Crippen LogP contribution in [0.25, 0.3) is 0 Å². The van der Waals surface area contributed by atoms with Crippen molar-refractivity contribution in [2.75, 3.05) is 13.2 Å². The highest BCUT2D eigenvalue weighted by Gasteiger charge is 2.19. The topological polar surface area (TPSA) is 78.9 Å². The molecule has 0 amide bonds. The number of esters is 3. The molecule has 0 fully saturated rings. The van der Waals surface area contributed by atoms with E-state index in [1.54, 1.807) is 0 Å². The average molecular weight is 1150 g/mol. The van der Waals surface area contributed by atoms with Crippen LogP contribution in [0.15, 0.2) is 122 Å². The Morgan fingerprint density at radius 3 is 0.807 bits per heavy atom. The fourth-order valence-corrected chi connectivity index (χ4v) is 9.82. The smallest absolute Gasteiger partial charge is 0.306 e. The predicted octanol–water partition coefficient (Wildman–Crippen LogP) is 24.3. The van der Waals surface area contributed by atoms with Gasteiger partial charge in [0.25, 0.3) is 0 Å². The number of hydrogen-bond donors (Lipinski definition) is 0. The van der Waals surface area contributed by atoms with Crippen molar-refractivity contribution >= 4 is 17.9 Å². The zero-order valence-corrected chi connectivity index (χ0v) is 54.4. The average Bonchev–Trinajstić information content (AvgIpc) is 3.49. The highest BCUT2D eigenvalue weighted by atomic mass is 16.6. The van der Waals surface area contributed by atoms with Crippen LogP contribution in [-0.4, -0.2) is 37.2 Å². The molecule has 474 valence electrons. The van der Waals surface area contributed by atoms with Crippen molar-refractivity contribution in [2.45, 2.75) is 335 Å². The maximum absolute atomic E-state index is 12.9. The lowest BCUT2D eigenvalue weighted by atomic mass is 10.0. The van der Waals surface area contributed by atoms with Crippen molar-refractivity contribution in [3.63, 3.8) is 0 Å². The summed E-state index contributed by atoms with van der Waals surface area (Å²) in [5.74, 6) is -0.997. The normalized spacial score (nSPS) is 12.9. The number of carbonyl (C=O) groups is 3. The van der Waals surface area contributed by atoms with E-state index in [1.165, 1.54) is 167 Å². The fraction of sp³-hybridized carbons (Fsp3) is 0.701. The van der Waals surface area contributed by atoms with Gasteiger partial charge in [-0.05, 0) is 96.3 Å². The molecule has 0 aromatic rings. The SMILES string of the molecule is CC/C=C\C/C=C\C/C=C\C/C=C\C/C=C\C/C=C\CCCCCCCCC(=O)OC(COC(=O)CC/C=C\C/C=C\C/C=C\C/C=C\CC)COC(=O)CCCCCCCCCCCCCCCCCCCCCCCCCCCCC. The second-order valence-corrected chi connectivity index (χ2v) is 23.0. The van der Waals surface area contributed by atoms with Crippen LogP contribution in [0.4, 0.5) is 0 Å². The second-order valence-electron chi connectivity index (χ2n) is 23.0. The second kappa shape index (κ2) is 70.3. The quantitative estimate of drug-likeness (QED) is 0.0261. The number of allylic oxidation sites excluding steroid dienone is 20. The van der Waals surface area contributed by atoms with E-state index in [4.69, 9.17) is 14.2 Å². The van der Waals surface area contributed by atoms with Gasteiger partial charge in [-0.1, -0.05) is 335 Å². The molecule has 0 bridgehead atoms. The first-order valence-corrected chi connectivity index (χ1v) is 35.0. The zero-order valence-electron chi connectivity index (χ0n) is 54.4. The lowest BCUT2D eigenvalue weighted by molar-refractivity contribution is -0.166. The Morgan fingerprint density at radius 1 is 0.253 bits per heavy atom. The van der Waals surface area contributed by atoms with Crippen LogP contribution >= 0.6 is 0 Å². The van der Waals surface area contributed by atoms with Gasteiger partial charge in [-0.25, -0.2) is 0 Å². The number of rotatable bonds is 63. The van der Waals surface area contributed by atoms with Gasteiger partial charge in [-0.3, -0.25) is 14.4 Å². The van der Waals surface area contributed by atoms with Gasteiger partial charge in [-0.15, -0.1) is 0 Å². The van der Waals surface area contributed by atoms with Gasteiger partial charge in [-0.2, -0.15) is 0 Å². The van der Waals surface area contributed by atoms with Crippen LogP contribution in [0, 0.1) is 0 Å². The lowest BCUT2D eigenvalue weighted by Crippen LogP contribution is -2.30. The maximum atomic E-state index is 12.9. The summed E-state index contributed by atoms with van der Waals surface area (Å²) in [5.41, 5.74) is 0. The first-order valence-electron chi connectivity index (χ1n) is 35.0. The molecule has 0 rings (SSSR count). The van der Waals surface area contributed by atoms with Crippen LogP contribution in [0.5, 0.6) is 0 Å². The molecular weight excluding hydrogens is 1020 g/mol. The minimum Gasteiger partial charge on any atom is -0.462 e. The number of unbranched alkanes of at least 4 members (excludes halogenated alkanes) is 32. The summed E-state index contributed by atoms with van der Waals surface area (Å²) in [6, 6.07) is 0. The Kier molecular flexibility index (Phi) is 66.7. The van der Waals surface area contributed by atoms with Crippen LogP contribution in [0.2, 0.25) is 0 Å². The Bertz CT molecular complexity index is 1700. The first-order chi connectivity index (χ1) is 41.0. The van der Waals surface area contributed by atoms with Gasteiger partial charge in [0.2, 0.25) is 0 Å². The van der Waals surface area contributed by atoms with E-state index >= 15 is 0 Å². The first kappa shape index (κ1) is 78.8. The van der Waals surface area contributed by atoms with Gasteiger partial charge in [0, 0.05) is 19.3 Å². The summed E-state index contributed by atoms with van der Waals surface area (Å²) < 4.78 is 16.9. The van der Waals surface area contributed by atoms with Crippen LogP contribution in [-0.2, 0) is 28.6 Å². The van der Waals surface area contributed by atoms with E-state index < -0.39 is 6.10 Å². The Hall–Kier alpha value is -4.19. The molecular formula is C77H130O6. The molecule has 1 unspecified atom stereocenters. The van der Waals surface area contributed by atoms with Crippen molar-refractivity contribution in [2.24, 2.45) is 0 Å². The standard InChI is InChI=1S/C77H130O6/c1-4-7-10-13-16-19-22-25-27-29-31-33-35-37-38-40-41-43-45-47-49-52-55-58-61-64-67-70-76(79)82-73-74(72-81-75(78)69-66-63-60-57-54-51-24-21-18-15-12-9-6-3)83-77(80)71-68-65-62-59-56-53-50-48-46-44-42-39-36-34-32-30-28-26-23-20-17-14-11-8-5-2/h8-9,11-12,17-18,20-21,26,28,32,34,39,42,46,48,51,54,60,63,74H,4-7,10,13-16,19,22-25,27,29-31,33,35-38,40-41,43-45,47,49-50,52-53,55-59,61-62,64-73H2,1-3H3/b11-8-,12-9-,20-17-,21-18-,28-26-,34-32-,42-39-,48-46-,54-51-,63-60-. The van der Waals surface area contributed by atoms with E-state index in [-0.39, 0.29) is 37.5 Å². The molecule has 1 atom stereocenters. The molecule has 0 aromatic carbocycles. The summed E-state index contributed by atoms with van der Waals surface area (Å²) >= 11 is 0. The summed E-state index contributed by atoms with van der Waals surface area (Å²) in [6.45, 7) is 6.37. The molecule has 6 nitrogen and oxygen atoms in total. The molecule has 0 heterocycles. The van der Waals surface area contributed by atoms with Gasteiger partial charge < -0.3 is 14.2 Å². The summed E-state index contributed by atoms with van der Waals surface area (Å²) in [4.78, 5) is 38.4. The van der Waals surface area contributed by atoms with Crippen LogP contribution in [0.3, 0.4) is 0 Å². The minimum atomic E-state index is -0.819.